The Morgan fingerprint density at radius 1 is 1.30 bits per heavy atom. The van der Waals surface area contributed by atoms with Gasteiger partial charge in [0.2, 0.25) is 0 Å². The molecule has 0 aromatic heterocycles. The minimum atomic E-state index is -0.790. The van der Waals surface area contributed by atoms with Crippen molar-refractivity contribution in [2.45, 2.75) is 31.9 Å². The Hall–Kier alpha value is -1.10. The molecule has 20 heavy (non-hydrogen) atoms. The molecule has 0 spiro atoms. The molecule has 1 aliphatic heterocycles. The first-order valence-electron chi connectivity index (χ1n) is 6.89. The van der Waals surface area contributed by atoms with Gasteiger partial charge in [-0.2, -0.15) is 0 Å². The fraction of sp³-hybridized carbons (Fsp3) is 0.533. The lowest BCUT2D eigenvalue weighted by Crippen LogP contribution is -2.44. The van der Waals surface area contributed by atoms with Crippen LogP contribution in [0.4, 0.5) is 0 Å². The summed E-state index contributed by atoms with van der Waals surface area (Å²) >= 11 is 5.84. The Morgan fingerprint density at radius 3 is 2.35 bits per heavy atom. The highest BCUT2D eigenvalue weighted by molar-refractivity contribution is 6.30. The number of hydrogen-bond acceptors (Lipinski definition) is 3. The maximum Gasteiger partial charge on any atom is 0.320 e. The van der Waals surface area contributed by atoms with Crippen LogP contribution in [0.2, 0.25) is 5.02 Å². The van der Waals surface area contributed by atoms with Gasteiger partial charge in [-0.3, -0.25) is 9.69 Å². The third-order valence-corrected chi connectivity index (χ3v) is 4.39. The number of halogens is 1. The topological polar surface area (TPSA) is 60.8 Å². The number of carboxylic acids is 1. The van der Waals surface area contributed by atoms with E-state index in [4.69, 9.17) is 16.7 Å². The molecule has 2 atom stereocenters. The Kier molecular flexibility index (Phi) is 5.02. The monoisotopic (exact) mass is 297 g/mol. The van der Waals surface area contributed by atoms with Crippen LogP contribution in [0.25, 0.3) is 0 Å². The van der Waals surface area contributed by atoms with Gasteiger partial charge in [0.25, 0.3) is 0 Å². The SMILES string of the molecule is C[C@H](C(=O)O)N1CCC([C@@H](O)c2ccc(Cl)cc2)CC1. The van der Waals surface area contributed by atoms with Crippen molar-refractivity contribution in [2.75, 3.05) is 13.1 Å². The number of piperidine rings is 1. The van der Waals surface area contributed by atoms with Crippen molar-refractivity contribution in [1.82, 2.24) is 4.90 Å². The Bertz CT molecular complexity index is 455. The summed E-state index contributed by atoms with van der Waals surface area (Å²) in [6, 6.07) is 6.80. The van der Waals surface area contributed by atoms with Crippen molar-refractivity contribution in [2.24, 2.45) is 5.92 Å². The van der Waals surface area contributed by atoms with Gasteiger partial charge < -0.3 is 10.2 Å². The molecular formula is C15H20ClNO3. The van der Waals surface area contributed by atoms with Gasteiger partial charge in [0.1, 0.15) is 6.04 Å². The molecule has 0 unspecified atom stereocenters. The van der Waals surface area contributed by atoms with Crippen molar-refractivity contribution in [1.29, 1.82) is 0 Å². The van der Waals surface area contributed by atoms with E-state index in [-0.39, 0.29) is 5.92 Å². The molecule has 0 aliphatic carbocycles. The largest absolute Gasteiger partial charge is 0.480 e. The van der Waals surface area contributed by atoms with Gasteiger partial charge in [-0.25, -0.2) is 0 Å². The molecule has 5 heteroatoms. The van der Waals surface area contributed by atoms with Crippen LogP contribution in [0.3, 0.4) is 0 Å². The van der Waals surface area contributed by atoms with Crippen molar-refractivity contribution in [3.63, 3.8) is 0 Å². The minimum Gasteiger partial charge on any atom is -0.480 e. The number of hydrogen-bond donors (Lipinski definition) is 2. The number of rotatable bonds is 4. The summed E-state index contributed by atoms with van der Waals surface area (Å²) in [4.78, 5) is 12.9. The number of carbonyl (C=O) groups is 1. The standard InChI is InChI=1S/C15H20ClNO3/c1-10(15(19)20)17-8-6-12(7-9-17)14(18)11-2-4-13(16)5-3-11/h2-5,10,12,14,18H,6-9H2,1H3,(H,19,20)/t10-,14+/m1/s1. The highest BCUT2D eigenvalue weighted by atomic mass is 35.5. The molecule has 1 aromatic carbocycles. The molecule has 2 N–H and O–H groups in total. The first-order valence-corrected chi connectivity index (χ1v) is 7.27. The number of nitrogens with zero attached hydrogens (tertiary/aromatic N) is 1. The van der Waals surface area contributed by atoms with Gasteiger partial charge in [-0.05, 0) is 56.5 Å². The molecule has 1 saturated heterocycles. The van der Waals surface area contributed by atoms with Crippen LogP contribution in [-0.2, 0) is 4.79 Å². The summed E-state index contributed by atoms with van der Waals surface area (Å²) in [6.07, 6.45) is 1.11. The van der Waals surface area contributed by atoms with Gasteiger partial charge in [0, 0.05) is 5.02 Å². The third-order valence-electron chi connectivity index (χ3n) is 4.14. The molecule has 110 valence electrons. The van der Waals surface area contributed by atoms with E-state index in [9.17, 15) is 9.90 Å². The molecule has 0 amide bonds. The van der Waals surface area contributed by atoms with E-state index in [1.807, 2.05) is 17.0 Å². The van der Waals surface area contributed by atoms with E-state index >= 15 is 0 Å². The Labute approximate surface area is 124 Å². The average molecular weight is 298 g/mol. The highest BCUT2D eigenvalue weighted by Gasteiger charge is 2.30. The predicted octanol–water partition coefficient (Wildman–Crippen LogP) is 2.56. The normalized spacial score (nSPS) is 20.6. The maximum atomic E-state index is 11.0. The van der Waals surface area contributed by atoms with E-state index in [1.165, 1.54) is 0 Å². The van der Waals surface area contributed by atoms with E-state index < -0.39 is 18.1 Å². The number of aliphatic carboxylic acids is 1. The second-order valence-electron chi connectivity index (χ2n) is 5.38. The zero-order valence-electron chi connectivity index (χ0n) is 11.5. The smallest absolute Gasteiger partial charge is 0.320 e. The summed E-state index contributed by atoms with van der Waals surface area (Å²) in [6.45, 7) is 3.13. The van der Waals surface area contributed by atoms with Crippen molar-refractivity contribution >= 4 is 17.6 Å². The number of likely N-dealkylation sites (tertiary alicyclic amines) is 1. The van der Waals surface area contributed by atoms with Gasteiger partial charge in [0.15, 0.2) is 0 Å². The van der Waals surface area contributed by atoms with E-state index in [1.54, 1.807) is 19.1 Å². The van der Waals surface area contributed by atoms with Crippen LogP contribution in [-0.4, -0.2) is 40.2 Å². The number of benzene rings is 1. The molecule has 4 nitrogen and oxygen atoms in total. The fourth-order valence-electron chi connectivity index (χ4n) is 2.71. The fourth-order valence-corrected chi connectivity index (χ4v) is 2.84. The lowest BCUT2D eigenvalue weighted by Gasteiger charge is -2.36. The molecule has 1 heterocycles. The summed E-state index contributed by atoms with van der Waals surface area (Å²) < 4.78 is 0. The second kappa shape index (κ2) is 6.57. The van der Waals surface area contributed by atoms with Crippen molar-refractivity contribution in [3.05, 3.63) is 34.9 Å². The van der Waals surface area contributed by atoms with Crippen LogP contribution in [0, 0.1) is 5.92 Å². The maximum absolute atomic E-state index is 11.0. The van der Waals surface area contributed by atoms with E-state index in [2.05, 4.69) is 0 Å². The zero-order valence-corrected chi connectivity index (χ0v) is 12.3. The summed E-state index contributed by atoms with van der Waals surface area (Å²) in [5.74, 6) is -0.616. The molecule has 0 saturated carbocycles. The Morgan fingerprint density at radius 2 is 1.85 bits per heavy atom. The second-order valence-corrected chi connectivity index (χ2v) is 5.82. The van der Waals surface area contributed by atoms with Gasteiger partial charge in [0.05, 0.1) is 6.10 Å². The average Bonchev–Trinajstić information content (AvgIpc) is 2.46. The molecular weight excluding hydrogens is 278 g/mol. The summed E-state index contributed by atoms with van der Waals surface area (Å²) in [5, 5.41) is 20.1. The third kappa shape index (κ3) is 3.51. The van der Waals surface area contributed by atoms with Crippen molar-refractivity contribution in [3.8, 4) is 0 Å². The van der Waals surface area contributed by atoms with Crippen LogP contribution in [0.1, 0.15) is 31.4 Å². The molecule has 1 fully saturated rings. The van der Waals surface area contributed by atoms with Crippen LogP contribution < -0.4 is 0 Å². The highest BCUT2D eigenvalue weighted by Crippen LogP contribution is 2.31. The summed E-state index contributed by atoms with van der Waals surface area (Å²) in [5.41, 5.74) is 0.874. The predicted molar refractivity (Wildman–Crippen MR) is 77.8 cm³/mol. The zero-order chi connectivity index (χ0) is 14.7. The minimum absolute atomic E-state index is 0.174. The molecule has 0 bridgehead atoms. The van der Waals surface area contributed by atoms with Crippen molar-refractivity contribution < 1.29 is 15.0 Å². The van der Waals surface area contributed by atoms with E-state index in [0.717, 1.165) is 18.4 Å². The Balaban J connectivity index is 1.93. The number of aliphatic hydroxyl groups is 1. The quantitative estimate of drug-likeness (QED) is 0.897. The number of carboxylic acid groups (broad SMARTS) is 1. The molecule has 2 rings (SSSR count). The molecule has 1 aliphatic rings. The van der Waals surface area contributed by atoms with Crippen LogP contribution >= 0.6 is 11.6 Å². The lowest BCUT2D eigenvalue weighted by atomic mass is 9.87. The molecule has 0 radical (unpaired) electrons. The van der Waals surface area contributed by atoms with Crippen LogP contribution in [0.5, 0.6) is 0 Å². The van der Waals surface area contributed by atoms with Crippen LogP contribution in [0.15, 0.2) is 24.3 Å². The van der Waals surface area contributed by atoms with Gasteiger partial charge >= 0.3 is 5.97 Å². The number of aliphatic hydroxyl groups excluding tert-OH is 1. The first kappa shape index (κ1) is 15.3. The summed E-state index contributed by atoms with van der Waals surface area (Å²) in [7, 11) is 0. The lowest BCUT2D eigenvalue weighted by molar-refractivity contribution is -0.143. The van der Waals surface area contributed by atoms with E-state index in [0.29, 0.717) is 18.1 Å². The molecule has 1 aromatic rings. The van der Waals surface area contributed by atoms with Gasteiger partial charge in [-0.15, -0.1) is 0 Å². The first-order chi connectivity index (χ1) is 9.49. The van der Waals surface area contributed by atoms with Gasteiger partial charge in [-0.1, -0.05) is 23.7 Å².